The molecule has 2 aromatic carbocycles. The Bertz CT molecular complexity index is 1040. The van der Waals surface area contributed by atoms with Gasteiger partial charge in [-0.3, -0.25) is 23.5 Å². The van der Waals surface area contributed by atoms with Crippen LogP contribution in [0, 0.1) is 0 Å². The number of nitrogens with zero attached hydrogens (tertiary/aromatic N) is 2. The number of benzene rings is 2. The molecule has 2 atom stereocenters. The van der Waals surface area contributed by atoms with Gasteiger partial charge in [0, 0.05) is 54.0 Å². The van der Waals surface area contributed by atoms with Crippen molar-refractivity contribution in [2.45, 2.75) is 12.3 Å². The van der Waals surface area contributed by atoms with Gasteiger partial charge < -0.3 is 9.45 Å². The number of hydrogen-bond donors (Lipinski definition) is 0. The number of piperazine rings is 1. The first-order chi connectivity index (χ1) is 13.9. The van der Waals surface area contributed by atoms with E-state index in [0.717, 1.165) is 0 Å². The van der Waals surface area contributed by atoms with Crippen LogP contribution >= 0.6 is 0 Å². The molecule has 0 N–H and O–H groups in total. The van der Waals surface area contributed by atoms with E-state index in [-0.39, 0.29) is 23.0 Å². The highest BCUT2D eigenvalue weighted by molar-refractivity contribution is 7.79. The summed E-state index contributed by atoms with van der Waals surface area (Å²) < 4.78 is 22.3. The standard InChI is InChI=1S/C21H20N2O5S/c1-13(29(27)28)22-8-10-23(11-9-22)21(26)14-6-7-17-18(12-14)20(25)16-5-3-2-4-15(16)19(17)24/h2-7,12-13H,8-11H2,1H3,(H,27,28)/p-1/t13-/m0/s1. The van der Waals surface area contributed by atoms with Gasteiger partial charge in [0.2, 0.25) is 0 Å². The number of hydrogen-bond acceptors (Lipinski definition) is 6. The summed E-state index contributed by atoms with van der Waals surface area (Å²) in [7, 11) is 0. The predicted octanol–water partition coefficient (Wildman–Crippen LogP) is 1.44. The third-order valence-electron chi connectivity index (χ3n) is 5.57. The van der Waals surface area contributed by atoms with E-state index in [1.807, 2.05) is 0 Å². The Morgan fingerprint density at radius 2 is 1.48 bits per heavy atom. The molecular formula is C21H19N2O5S-. The van der Waals surface area contributed by atoms with Gasteiger partial charge in [-0.15, -0.1) is 0 Å². The van der Waals surface area contributed by atoms with Gasteiger partial charge in [0.25, 0.3) is 5.91 Å². The highest BCUT2D eigenvalue weighted by Gasteiger charge is 2.31. The number of carbonyl (C=O) groups is 3. The van der Waals surface area contributed by atoms with E-state index in [4.69, 9.17) is 0 Å². The lowest BCUT2D eigenvalue weighted by molar-refractivity contribution is 0.0625. The first kappa shape index (κ1) is 19.6. The first-order valence-electron chi connectivity index (χ1n) is 9.32. The van der Waals surface area contributed by atoms with Crippen LogP contribution in [0.5, 0.6) is 0 Å². The van der Waals surface area contributed by atoms with Gasteiger partial charge in [-0.1, -0.05) is 24.3 Å². The molecule has 2 aromatic rings. The minimum atomic E-state index is -2.19. The summed E-state index contributed by atoms with van der Waals surface area (Å²) >= 11 is -2.19. The molecule has 1 heterocycles. The van der Waals surface area contributed by atoms with Gasteiger partial charge in [-0.2, -0.15) is 0 Å². The maximum absolute atomic E-state index is 12.9. The summed E-state index contributed by atoms with van der Waals surface area (Å²) in [5, 5.41) is -0.598. The van der Waals surface area contributed by atoms with Crippen LogP contribution in [0.25, 0.3) is 0 Å². The quantitative estimate of drug-likeness (QED) is 0.605. The summed E-state index contributed by atoms with van der Waals surface area (Å²) in [4.78, 5) is 41.9. The average molecular weight is 411 g/mol. The molecule has 1 aliphatic heterocycles. The van der Waals surface area contributed by atoms with E-state index in [1.165, 1.54) is 12.1 Å². The minimum Gasteiger partial charge on any atom is -0.771 e. The normalized spacial score (nSPS) is 18.8. The second kappa shape index (κ2) is 7.62. The second-order valence-electron chi connectivity index (χ2n) is 7.15. The molecule has 1 fully saturated rings. The molecule has 0 spiro atoms. The minimum absolute atomic E-state index is 0.220. The van der Waals surface area contributed by atoms with Crippen molar-refractivity contribution in [3.63, 3.8) is 0 Å². The van der Waals surface area contributed by atoms with Gasteiger partial charge in [-0.25, -0.2) is 0 Å². The van der Waals surface area contributed by atoms with Gasteiger partial charge >= 0.3 is 0 Å². The molecule has 0 saturated carbocycles. The third-order valence-corrected chi connectivity index (χ3v) is 6.42. The molecular weight excluding hydrogens is 392 g/mol. The van der Waals surface area contributed by atoms with Crippen molar-refractivity contribution >= 4 is 28.6 Å². The lowest BCUT2D eigenvalue weighted by Gasteiger charge is -2.38. The molecule has 7 nitrogen and oxygen atoms in total. The molecule has 150 valence electrons. The zero-order valence-corrected chi connectivity index (χ0v) is 16.6. The molecule has 1 saturated heterocycles. The molecule has 2 aliphatic rings. The van der Waals surface area contributed by atoms with Crippen LogP contribution in [0.2, 0.25) is 0 Å². The van der Waals surface area contributed by atoms with Crippen LogP contribution in [-0.2, 0) is 11.1 Å². The monoisotopic (exact) mass is 411 g/mol. The molecule has 1 amide bonds. The van der Waals surface area contributed by atoms with Crippen LogP contribution in [0.1, 0.15) is 49.1 Å². The second-order valence-corrected chi connectivity index (χ2v) is 8.36. The Morgan fingerprint density at radius 3 is 2.07 bits per heavy atom. The Hall–Kier alpha value is -2.68. The van der Waals surface area contributed by atoms with Crippen LogP contribution in [0.4, 0.5) is 0 Å². The van der Waals surface area contributed by atoms with Crippen LogP contribution in [-0.4, -0.2) is 67.6 Å². The van der Waals surface area contributed by atoms with Crippen molar-refractivity contribution in [2.75, 3.05) is 26.2 Å². The highest BCUT2D eigenvalue weighted by atomic mass is 32.2. The largest absolute Gasteiger partial charge is 0.771 e. The predicted molar refractivity (Wildman–Crippen MR) is 106 cm³/mol. The fourth-order valence-electron chi connectivity index (χ4n) is 3.83. The first-order valence-corrected chi connectivity index (χ1v) is 10.5. The number of fused-ring (bicyclic) bond motifs is 2. The van der Waals surface area contributed by atoms with Gasteiger partial charge in [0.15, 0.2) is 11.6 Å². The van der Waals surface area contributed by atoms with Crippen molar-refractivity contribution in [1.82, 2.24) is 9.80 Å². The van der Waals surface area contributed by atoms with Crippen molar-refractivity contribution in [2.24, 2.45) is 0 Å². The van der Waals surface area contributed by atoms with Crippen molar-refractivity contribution in [1.29, 1.82) is 0 Å². The lowest BCUT2D eigenvalue weighted by Crippen LogP contribution is -2.52. The zero-order valence-electron chi connectivity index (χ0n) is 15.8. The van der Waals surface area contributed by atoms with E-state index in [1.54, 1.807) is 47.1 Å². The Morgan fingerprint density at radius 1 is 0.931 bits per heavy atom. The Kier molecular flexibility index (Phi) is 5.16. The Labute approximate surface area is 170 Å². The van der Waals surface area contributed by atoms with Crippen molar-refractivity contribution in [3.05, 3.63) is 70.3 Å². The molecule has 1 unspecified atom stereocenters. The lowest BCUT2D eigenvalue weighted by atomic mass is 9.83. The number of amides is 1. The summed E-state index contributed by atoms with van der Waals surface area (Å²) in [6, 6.07) is 11.3. The maximum atomic E-state index is 12.9. The van der Waals surface area contributed by atoms with Crippen molar-refractivity contribution in [3.8, 4) is 0 Å². The van der Waals surface area contributed by atoms with Crippen LogP contribution < -0.4 is 0 Å². The maximum Gasteiger partial charge on any atom is 0.253 e. The smallest absolute Gasteiger partial charge is 0.253 e. The van der Waals surface area contributed by atoms with Gasteiger partial charge in [0.05, 0.1) is 5.37 Å². The van der Waals surface area contributed by atoms with Crippen LogP contribution in [0.15, 0.2) is 42.5 Å². The summed E-state index contributed by atoms with van der Waals surface area (Å²) in [6.07, 6.45) is 0. The number of rotatable bonds is 3. The number of ketones is 2. The van der Waals surface area contributed by atoms with E-state index in [0.29, 0.717) is 48.4 Å². The molecule has 29 heavy (non-hydrogen) atoms. The fourth-order valence-corrected chi connectivity index (χ4v) is 4.28. The fraction of sp³-hybridized carbons (Fsp3) is 0.286. The van der Waals surface area contributed by atoms with E-state index >= 15 is 0 Å². The van der Waals surface area contributed by atoms with Gasteiger partial charge in [-0.05, 0) is 36.2 Å². The van der Waals surface area contributed by atoms with E-state index < -0.39 is 16.5 Å². The molecule has 1 aliphatic carbocycles. The van der Waals surface area contributed by atoms with E-state index in [9.17, 15) is 23.1 Å². The number of carbonyl (C=O) groups excluding carboxylic acids is 3. The van der Waals surface area contributed by atoms with E-state index in [2.05, 4.69) is 0 Å². The molecule has 0 bridgehead atoms. The summed E-state index contributed by atoms with van der Waals surface area (Å²) in [5.41, 5.74) is 1.63. The Balaban J connectivity index is 1.55. The molecule has 0 radical (unpaired) electrons. The highest BCUT2D eigenvalue weighted by Crippen LogP contribution is 2.28. The molecule has 4 rings (SSSR count). The third kappa shape index (κ3) is 3.43. The average Bonchev–Trinajstić information content (AvgIpc) is 2.76. The zero-order chi connectivity index (χ0) is 20.7. The summed E-state index contributed by atoms with van der Waals surface area (Å²) in [5.74, 6) is -0.716. The van der Waals surface area contributed by atoms with Crippen LogP contribution in [0.3, 0.4) is 0 Å². The SMILES string of the molecule is C[C@@H](N1CCN(C(=O)c2ccc3c(c2)C(=O)c2ccccc2C3=O)CC1)S(=O)[O-]. The topological polar surface area (TPSA) is 97.8 Å². The summed E-state index contributed by atoms with van der Waals surface area (Å²) in [6.45, 7) is 3.32. The van der Waals surface area contributed by atoms with Crippen molar-refractivity contribution < 1.29 is 23.1 Å². The van der Waals surface area contributed by atoms with Gasteiger partial charge in [0.1, 0.15) is 0 Å². The molecule has 8 heteroatoms. The molecule has 0 aromatic heterocycles.